The average Bonchev–Trinajstić information content (AvgIpc) is 3.41. The van der Waals surface area contributed by atoms with Crippen molar-refractivity contribution >= 4 is 11.9 Å². The van der Waals surface area contributed by atoms with Crippen LogP contribution in [0.3, 0.4) is 0 Å². The predicted octanol–water partition coefficient (Wildman–Crippen LogP) is 21.3. The fraction of sp³-hybridized carbons (Fsp3) is 0.855. The molecule has 6 heteroatoms. The zero-order chi connectivity index (χ0) is 54.3. The van der Waals surface area contributed by atoms with Crippen LogP contribution < -0.4 is 5.32 Å². The molecule has 75 heavy (non-hydrogen) atoms. The van der Waals surface area contributed by atoms with Crippen LogP contribution in [0.25, 0.3) is 0 Å². The Labute approximate surface area is 467 Å². The van der Waals surface area contributed by atoms with E-state index in [1.807, 2.05) is 6.08 Å². The van der Waals surface area contributed by atoms with Crippen LogP contribution in [0.2, 0.25) is 0 Å². The quantitative estimate of drug-likeness (QED) is 0.0320. The zero-order valence-electron chi connectivity index (χ0n) is 50.3. The molecule has 2 unspecified atom stereocenters. The maximum atomic E-state index is 12.5. The van der Waals surface area contributed by atoms with E-state index >= 15 is 0 Å². The minimum Gasteiger partial charge on any atom is -0.466 e. The van der Waals surface area contributed by atoms with E-state index in [0.717, 1.165) is 51.4 Å². The van der Waals surface area contributed by atoms with Gasteiger partial charge in [0.2, 0.25) is 5.91 Å². The van der Waals surface area contributed by atoms with E-state index in [0.29, 0.717) is 19.4 Å². The van der Waals surface area contributed by atoms with Gasteiger partial charge < -0.3 is 20.3 Å². The minimum absolute atomic E-state index is 0.0000469. The summed E-state index contributed by atoms with van der Waals surface area (Å²) < 4.78 is 5.48. The first-order chi connectivity index (χ1) is 37.0. The van der Waals surface area contributed by atoms with Gasteiger partial charge in [-0.15, -0.1) is 0 Å². The molecule has 0 heterocycles. The number of nitrogens with one attached hydrogen (secondary N) is 1. The number of carbonyl (C=O) groups excluding carboxylic acids is 2. The lowest BCUT2D eigenvalue weighted by molar-refractivity contribution is -0.143. The van der Waals surface area contributed by atoms with Crippen LogP contribution in [0.15, 0.2) is 48.6 Å². The third kappa shape index (κ3) is 60.9. The number of amides is 1. The molecular weight excluding hydrogens is 923 g/mol. The molecule has 0 rings (SSSR count). The molecule has 0 aromatic rings. The average molecular weight is 1050 g/mol. The Kier molecular flexibility index (Phi) is 62.5. The largest absolute Gasteiger partial charge is 0.466 e. The fourth-order valence-electron chi connectivity index (χ4n) is 10.2. The van der Waals surface area contributed by atoms with E-state index < -0.39 is 12.1 Å². The Balaban J connectivity index is 3.41. The van der Waals surface area contributed by atoms with Crippen LogP contribution in [-0.4, -0.2) is 47.4 Å². The van der Waals surface area contributed by atoms with E-state index in [1.165, 1.54) is 276 Å². The van der Waals surface area contributed by atoms with Gasteiger partial charge >= 0.3 is 5.97 Å². The van der Waals surface area contributed by atoms with Gasteiger partial charge in [-0.2, -0.15) is 0 Å². The summed E-state index contributed by atoms with van der Waals surface area (Å²) in [5, 5.41) is 23.2. The molecule has 6 nitrogen and oxygen atoms in total. The lowest BCUT2D eigenvalue weighted by Gasteiger charge is -2.20. The SMILES string of the molecule is CCCC/C=C\C/C=C\CCCCCCCC(=O)OCCCCCCCCCCCCCC/C=C\CCCCCCCCCCCCCC(=O)NC(CO)C(O)/C=C/CCCCCCCCCCCCCCCCC. The molecule has 0 aromatic carbocycles. The first-order valence-electron chi connectivity index (χ1n) is 33.4. The van der Waals surface area contributed by atoms with Gasteiger partial charge in [0.15, 0.2) is 0 Å². The van der Waals surface area contributed by atoms with E-state index in [2.05, 4.69) is 55.6 Å². The number of rotatable bonds is 62. The molecule has 0 aliphatic heterocycles. The number of hydrogen-bond donors (Lipinski definition) is 3. The third-order valence-corrected chi connectivity index (χ3v) is 15.3. The van der Waals surface area contributed by atoms with Crippen molar-refractivity contribution in [2.24, 2.45) is 0 Å². The Morgan fingerprint density at radius 1 is 0.373 bits per heavy atom. The maximum Gasteiger partial charge on any atom is 0.305 e. The molecule has 3 N–H and O–H groups in total. The first kappa shape index (κ1) is 72.8. The smallest absolute Gasteiger partial charge is 0.305 e. The van der Waals surface area contributed by atoms with Crippen molar-refractivity contribution in [1.82, 2.24) is 5.32 Å². The predicted molar refractivity (Wildman–Crippen MR) is 329 cm³/mol. The van der Waals surface area contributed by atoms with Gasteiger partial charge in [-0.1, -0.05) is 306 Å². The van der Waals surface area contributed by atoms with E-state index in [1.54, 1.807) is 6.08 Å². The standard InChI is InChI=1S/C69H129NO5/c1-3-5-7-9-11-13-15-17-19-31-34-37-41-45-49-53-57-61-67(72)66(65-71)70-68(73)62-58-54-50-46-42-38-35-32-29-27-25-23-21-20-22-24-26-28-30-33-36-40-44-48-52-56-60-64-75-69(74)63-59-55-51-47-43-39-18-16-14-12-10-8-6-4-2/h10,12,16,18,20-21,57,61,66-67,71-72H,3-9,11,13-15,17,19,22-56,58-60,62-65H2,1-2H3,(H,70,73)/b12-10-,18-16-,21-20-,61-57+. The molecule has 0 radical (unpaired) electrons. The Morgan fingerprint density at radius 2 is 0.680 bits per heavy atom. The second kappa shape index (κ2) is 64.3. The minimum atomic E-state index is -0.846. The summed E-state index contributed by atoms with van der Waals surface area (Å²) in [6, 6.07) is -0.629. The highest BCUT2D eigenvalue weighted by molar-refractivity contribution is 5.76. The summed E-state index contributed by atoms with van der Waals surface area (Å²) in [5.74, 6) is -0.0671. The van der Waals surface area contributed by atoms with E-state index in [9.17, 15) is 19.8 Å². The van der Waals surface area contributed by atoms with Crippen LogP contribution in [0.5, 0.6) is 0 Å². The van der Waals surface area contributed by atoms with Crippen molar-refractivity contribution in [1.29, 1.82) is 0 Å². The number of esters is 1. The van der Waals surface area contributed by atoms with Crippen molar-refractivity contribution in [3.8, 4) is 0 Å². The number of carbonyl (C=O) groups is 2. The maximum absolute atomic E-state index is 12.5. The topological polar surface area (TPSA) is 95.9 Å². The van der Waals surface area contributed by atoms with Crippen molar-refractivity contribution in [2.75, 3.05) is 13.2 Å². The second-order valence-electron chi connectivity index (χ2n) is 22.8. The summed E-state index contributed by atoms with van der Waals surface area (Å²) in [6.07, 6.45) is 83.1. The molecule has 2 atom stereocenters. The molecule has 0 bridgehead atoms. The van der Waals surface area contributed by atoms with Gasteiger partial charge in [0, 0.05) is 12.8 Å². The first-order valence-corrected chi connectivity index (χ1v) is 33.4. The molecule has 1 amide bonds. The lowest BCUT2D eigenvalue weighted by atomic mass is 10.0. The highest BCUT2D eigenvalue weighted by Crippen LogP contribution is 2.17. The number of unbranched alkanes of at least 4 members (excludes halogenated alkanes) is 45. The second-order valence-corrected chi connectivity index (χ2v) is 22.8. The monoisotopic (exact) mass is 1050 g/mol. The van der Waals surface area contributed by atoms with Crippen LogP contribution in [0.1, 0.15) is 354 Å². The van der Waals surface area contributed by atoms with Gasteiger partial charge in [-0.25, -0.2) is 0 Å². The number of hydrogen-bond acceptors (Lipinski definition) is 5. The van der Waals surface area contributed by atoms with Crippen LogP contribution in [-0.2, 0) is 14.3 Å². The highest BCUT2D eigenvalue weighted by Gasteiger charge is 2.18. The highest BCUT2D eigenvalue weighted by atomic mass is 16.5. The molecule has 0 aromatic heterocycles. The summed E-state index contributed by atoms with van der Waals surface area (Å²) >= 11 is 0. The Hall–Kier alpha value is -2.18. The van der Waals surface area contributed by atoms with Gasteiger partial charge in [-0.05, 0) is 83.5 Å². The lowest BCUT2D eigenvalue weighted by Crippen LogP contribution is -2.45. The third-order valence-electron chi connectivity index (χ3n) is 15.3. The summed E-state index contributed by atoms with van der Waals surface area (Å²) in [7, 11) is 0. The normalized spacial score (nSPS) is 12.9. The van der Waals surface area contributed by atoms with Crippen molar-refractivity contribution in [2.45, 2.75) is 366 Å². The van der Waals surface area contributed by atoms with E-state index in [-0.39, 0.29) is 18.5 Å². The number of ether oxygens (including phenoxy) is 1. The number of aliphatic hydroxyl groups excluding tert-OH is 2. The summed E-state index contributed by atoms with van der Waals surface area (Å²) in [5.41, 5.74) is 0. The van der Waals surface area contributed by atoms with Crippen molar-refractivity contribution in [3.05, 3.63) is 48.6 Å². The number of allylic oxidation sites excluding steroid dienone is 7. The molecule has 0 fully saturated rings. The molecule has 0 spiro atoms. The van der Waals surface area contributed by atoms with Gasteiger partial charge in [0.05, 0.1) is 25.4 Å². The molecule has 0 saturated carbocycles. The van der Waals surface area contributed by atoms with Gasteiger partial charge in [0.25, 0.3) is 0 Å². The van der Waals surface area contributed by atoms with Crippen LogP contribution in [0, 0.1) is 0 Å². The number of aliphatic hydroxyl groups is 2. The van der Waals surface area contributed by atoms with Crippen molar-refractivity contribution < 1.29 is 24.5 Å². The molecular formula is C69H129NO5. The van der Waals surface area contributed by atoms with Gasteiger partial charge in [-0.3, -0.25) is 9.59 Å². The molecule has 0 aliphatic rings. The van der Waals surface area contributed by atoms with Crippen LogP contribution in [0.4, 0.5) is 0 Å². The zero-order valence-corrected chi connectivity index (χ0v) is 50.3. The fourth-order valence-corrected chi connectivity index (χ4v) is 10.2. The Bertz CT molecular complexity index is 1260. The Morgan fingerprint density at radius 3 is 1.07 bits per heavy atom. The van der Waals surface area contributed by atoms with Gasteiger partial charge in [0.1, 0.15) is 0 Å². The molecule has 0 aliphatic carbocycles. The van der Waals surface area contributed by atoms with Crippen LogP contribution >= 0.6 is 0 Å². The summed E-state index contributed by atoms with van der Waals surface area (Å²) in [6.45, 7) is 4.88. The molecule has 440 valence electrons. The van der Waals surface area contributed by atoms with E-state index in [4.69, 9.17) is 4.74 Å². The molecule has 0 saturated heterocycles. The summed E-state index contributed by atoms with van der Waals surface area (Å²) in [4.78, 5) is 24.5. The van der Waals surface area contributed by atoms with Crippen molar-refractivity contribution in [3.63, 3.8) is 0 Å².